The van der Waals surface area contributed by atoms with E-state index in [-0.39, 0.29) is 0 Å². The highest BCUT2D eigenvalue weighted by Crippen LogP contribution is 2.20. The molecule has 0 saturated carbocycles. The fourth-order valence-corrected chi connectivity index (χ4v) is 1.37. The van der Waals surface area contributed by atoms with E-state index in [1.54, 1.807) is 13.8 Å². The standard InChI is InChI=1S/C10H19NO3/c1-10(2,9(12)13)3-4-11-5-7-14-8-6-11/h3-8H2,1-2H3,(H,12,13). The van der Waals surface area contributed by atoms with Crippen LogP contribution >= 0.6 is 0 Å². The van der Waals surface area contributed by atoms with Crippen molar-refractivity contribution >= 4 is 5.97 Å². The molecule has 1 aliphatic heterocycles. The molecule has 1 fully saturated rings. The van der Waals surface area contributed by atoms with Crippen LogP contribution in [0.25, 0.3) is 0 Å². The van der Waals surface area contributed by atoms with Crippen molar-refractivity contribution in [2.75, 3.05) is 32.8 Å². The van der Waals surface area contributed by atoms with Gasteiger partial charge in [0.25, 0.3) is 0 Å². The smallest absolute Gasteiger partial charge is 0.309 e. The topological polar surface area (TPSA) is 49.8 Å². The van der Waals surface area contributed by atoms with Gasteiger partial charge in [-0.15, -0.1) is 0 Å². The summed E-state index contributed by atoms with van der Waals surface area (Å²) >= 11 is 0. The van der Waals surface area contributed by atoms with Crippen molar-refractivity contribution in [3.8, 4) is 0 Å². The molecule has 1 heterocycles. The summed E-state index contributed by atoms with van der Waals surface area (Å²) in [6.45, 7) is 7.79. The van der Waals surface area contributed by atoms with Crippen molar-refractivity contribution in [2.24, 2.45) is 5.41 Å². The first kappa shape index (κ1) is 11.5. The van der Waals surface area contributed by atoms with E-state index in [9.17, 15) is 4.79 Å². The Labute approximate surface area is 84.8 Å². The average Bonchev–Trinajstić information content (AvgIpc) is 2.16. The number of nitrogens with zero attached hydrogens (tertiary/aromatic N) is 1. The Kier molecular flexibility index (Phi) is 3.89. The first-order chi connectivity index (χ1) is 6.52. The summed E-state index contributed by atoms with van der Waals surface area (Å²) in [6.07, 6.45) is 0.697. The van der Waals surface area contributed by atoms with E-state index in [1.807, 2.05) is 0 Å². The van der Waals surface area contributed by atoms with Crippen LogP contribution in [0.2, 0.25) is 0 Å². The summed E-state index contributed by atoms with van der Waals surface area (Å²) < 4.78 is 5.22. The fourth-order valence-electron chi connectivity index (χ4n) is 1.37. The van der Waals surface area contributed by atoms with Crippen LogP contribution in [-0.2, 0) is 9.53 Å². The minimum Gasteiger partial charge on any atom is -0.481 e. The summed E-state index contributed by atoms with van der Waals surface area (Å²) in [5.41, 5.74) is -0.613. The van der Waals surface area contributed by atoms with Crippen LogP contribution in [0.5, 0.6) is 0 Å². The van der Waals surface area contributed by atoms with Gasteiger partial charge in [0.15, 0.2) is 0 Å². The van der Waals surface area contributed by atoms with Crippen LogP contribution in [-0.4, -0.2) is 48.8 Å². The van der Waals surface area contributed by atoms with Crippen LogP contribution in [0.3, 0.4) is 0 Å². The second kappa shape index (κ2) is 4.75. The molecular formula is C10H19NO3. The molecule has 0 aromatic heterocycles. The number of ether oxygens (including phenoxy) is 1. The minimum absolute atomic E-state index is 0.613. The number of carboxylic acid groups (broad SMARTS) is 1. The van der Waals surface area contributed by atoms with E-state index in [0.29, 0.717) is 6.42 Å². The molecule has 0 spiro atoms. The Balaban J connectivity index is 2.28. The van der Waals surface area contributed by atoms with E-state index in [0.717, 1.165) is 32.8 Å². The average molecular weight is 201 g/mol. The fraction of sp³-hybridized carbons (Fsp3) is 0.900. The lowest BCUT2D eigenvalue weighted by molar-refractivity contribution is -0.147. The van der Waals surface area contributed by atoms with E-state index >= 15 is 0 Å². The highest BCUT2D eigenvalue weighted by atomic mass is 16.5. The Morgan fingerprint density at radius 3 is 2.50 bits per heavy atom. The van der Waals surface area contributed by atoms with Crippen molar-refractivity contribution in [3.05, 3.63) is 0 Å². The van der Waals surface area contributed by atoms with Gasteiger partial charge in [-0.2, -0.15) is 0 Å². The zero-order valence-corrected chi connectivity index (χ0v) is 8.95. The van der Waals surface area contributed by atoms with Gasteiger partial charge in [0.1, 0.15) is 0 Å². The molecule has 0 aromatic carbocycles. The first-order valence-corrected chi connectivity index (χ1v) is 5.06. The Bertz CT molecular complexity index is 198. The van der Waals surface area contributed by atoms with Crippen molar-refractivity contribution in [1.29, 1.82) is 0 Å². The molecule has 82 valence electrons. The summed E-state index contributed by atoms with van der Waals surface area (Å²) in [6, 6.07) is 0. The molecule has 0 unspecified atom stereocenters. The Hall–Kier alpha value is -0.610. The van der Waals surface area contributed by atoms with Crippen molar-refractivity contribution in [1.82, 2.24) is 4.90 Å². The number of aliphatic carboxylic acids is 1. The summed E-state index contributed by atoms with van der Waals surface area (Å²) in [7, 11) is 0. The van der Waals surface area contributed by atoms with Gasteiger partial charge >= 0.3 is 5.97 Å². The lowest BCUT2D eigenvalue weighted by atomic mass is 9.89. The SMILES string of the molecule is CC(C)(CCN1CCOCC1)C(=O)O. The third-order valence-electron chi connectivity index (χ3n) is 2.74. The molecule has 0 aromatic rings. The highest BCUT2D eigenvalue weighted by molar-refractivity contribution is 5.73. The van der Waals surface area contributed by atoms with E-state index in [1.165, 1.54) is 0 Å². The Morgan fingerprint density at radius 1 is 1.43 bits per heavy atom. The number of rotatable bonds is 4. The molecule has 0 radical (unpaired) electrons. The van der Waals surface area contributed by atoms with Crippen LogP contribution < -0.4 is 0 Å². The van der Waals surface area contributed by atoms with Gasteiger partial charge in [-0.3, -0.25) is 9.69 Å². The number of hydrogen-bond donors (Lipinski definition) is 1. The second-order valence-electron chi connectivity index (χ2n) is 4.39. The molecular weight excluding hydrogens is 182 g/mol. The van der Waals surface area contributed by atoms with Crippen molar-refractivity contribution in [3.63, 3.8) is 0 Å². The maximum absolute atomic E-state index is 10.9. The van der Waals surface area contributed by atoms with Crippen LogP contribution in [0.1, 0.15) is 20.3 Å². The van der Waals surface area contributed by atoms with Gasteiger partial charge in [0.05, 0.1) is 18.6 Å². The minimum atomic E-state index is -0.717. The monoisotopic (exact) mass is 201 g/mol. The third-order valence-corrected chi connectivity index (χ3v) is 2.74. The predicted octanol–water partition coefficient (Wildman–Crippen LogP) is 0.820. The Morgan fingerprint density at radius 2 is 2.00 bits per heavy atom. The van der Waals surface area contributed by atoms with Gasteiger partial charge in [0, 0.05) is 13.1 Å². The largest absolute Gasteiger partial charge is 0.481 e. The molecule has 1 saturated heterocycles. The zero-order valence-electron chi connectivity index (χ0n) is 8.95. The van der Waals surface area contributed by atoms with E-state index in [2.05, 4.69) is 4.90 Å². The van der Waals surface area contributed by atoms with E-state index < -0.39 is 11.4 Å². The molecule has 4 nitrogen and oxygen atoms in total. The number of carbonyl (C=O) groups is 1. The van der Waals surface area contributed by atoms with Gasteiger partial charge in [-0.25, -0.2) is 0 Å². The molecule has 14 heavy (non-hydrogen) atoms. The summed E-state index contributed by atoms with van der Waals surface area (Å²) in [5, 5.41) is 8.93. The first-order valence-electron chi connectivity index (χ1n) is 5.06. The molecule has 0 atom stereocenters. The van der Waals surface area contributed by atoms with Crippen LogP contribution in [0.15, 0.2) is 0 Å². The lowest BCUT2D eigenvalue weighted by Crippen LogP contribution is -2.39. The lowest BCUT2D eigenvalue weighted by Gasteiger charge is -2.29. The summed E-state index contributed by atoms with van der Waals surface area (Å²) in [4.78, 5) is 13.1. The quantitative estimate of drug-likeness (QED) is 0.731. The van der Waals surface area contributed by atoms with Gasteiger partial charge in [-0.05, 0) is 26.8 Å². The molecule has 0 aliphatic carbocycles. The second-order valence-corrected chi connectivity index (χ2v) is 4.39. The van der Waals surface area contributed by atoms with Crippen LogP contribution in [0, 0.1) is 5.41 Å². The molecule has 4 heteroatoms. The van der Waals surface area contributed by atoms with E-state index in [4.69, 9.17) is 9.84 Å². The summed E-state index contributed by atoms with van der Waals surface area (Å²) in [5.74, 6) is -0.717. The van der Waals surface area contributed by atoms with Crippen LogP contribution in [0.4, 0.5) is 0 Å². The molecule has 0 bridgehead atoms. The number of morpholine rings is 1. The predicted molar refractivity (Wildman–Crippen MR) is 53.3 cm³/mol. The normalized spacial score (nSPS) is 19.6. The molecule has 1 rings (SSSR count). The van der Waals surface area contributed by atoms with Gasteiger partial charge in [-0.1, -0.05) is 0 Å². The molecule has 1 N–H and O–H groups in total. The van der Waals surface area contributed by atoms with Crippen molar-refractivity contribution < 1.29 is 14.6 Å². The number of hydrogen-bond acceptors (Lipinski definition) is 3. The van der Waals surface area contributed by atoms with Crippen molar-refractivity contribution in [2.45, 2.75) is 20.3 Å². The molecule has 1 aliphatic rings. The number of carboxylic acids is 1. The zero-order chi connectivity index (χ0) is 10.6. The third kappa shape index (κ3) is 3.27. The van der Waals surface area contributed by atoms with Gasteiger partial charge < -0.3 is 9.84 Å². The maximum Gasteiger partial charge on any atom is 0.309 e. The highest BCUT2D eigenvalue weighted by Gasteiger charge is 2.27. The van der Waals surface area contributed by atoms with Gasteiger partial charge in [0.2, 0.25) is 0 Å². The molecule has 0 amide bonds. The maximum atomic E-state index is 10.9.